The highest BCUT2D eigenvalue weighted by Gasteiger charge is 2.70. The quantitative estimate of drug-likeness (QED) is 0.268. The van der Waals surface area contributed by atoms with Gasteiger partial charge in [-0.05, 0) is 49.2 Å². The Morgan fingerprint density at radius 1 is 1.25 bits per heavy atom. The molecule has 4 unspecified atom stereocenters. The van der Waals surface area contributed by atoms with Crippen molar-refractivity contribution in [1.29, 1.82) is 0 Å². The van der Waals surface area contributed by atoms with Crippen molar-refractivity contribution in [3.05, 3.63) is 53.7 Å². The zero-order valence-electron chi connectivity index (χ0n) is 22.1. The van der Waals surface area contributed by atoms with Crippen LogP contribution >= 0.6 is 0 Å². The first kappa shape index (κ1) is 26.8. The number of hydrogen-bond acceptors (Lipinski definition) is 10. The standard InChI is InChI=1S/C27H29F2N5O5S/c1-30-24(38-21-7-6-17(8-20(21)28)40(3,35)36)22(29)25(31-2)39-23-18-11-34(13-27(18)14-37-12-19(23)27)26-32-9-16(10-33-26)15-4-5-15/h6-10,15,18-19,23H,2,4-5,11-14H2,1,3H3. The minimum atomic E-state index is -3.63. The van der Waals surface area contributed by atoms with Gasteiger partial charge in [0.15, 0.2) is 21.4 Å². The summed E-state index contributed by atoms with van der Waals surface area (Å²) in [4.78, 5) is 18.6. The van der Waals surface area contributed by atoms with Crippen molar-refractivity contribution in [3.63, 3.8) is 0 Å². The molecule has 0 radical (unpaired) electrons. The lowest BCUT2D eigenvalue weighted by atomic mass is 9.54. The summed E-state index contributed by atoms with van der Waals surface area (Å²) >= 11 is 0. The SMILES string of the molecule is C=NC(OC1C2COCC23CN(c2ncc(C4CC4)cn2)CC13)=C(F)C(=NC)Oc1ccc(S(C)(=O)=O)cc1F. The van der Waals surface area contributed by atoms with E-state index in [0.717, 1.165) is 30.0 Å². The largest absolute Gasteiger partial charge is 0.471 e. The highest BCUT2D eigenvalue weighted by atomic mass is 32.2. The fourth-order valence-electron chi connectivity index (χ4n) is 6.07. The van der Waals surface area contributed by atoms with Gasteiger partial charge in [-0.1, -0.05) is 0 Å². The number of benzene rings is 1. The van der Waals surface area contributed by atoms with Crippen molar-refractivity contribution >= 4 is 28.4 Å². The summed E-state index contributed by atoms with van der Waals surface area (Å²) in [6, 6.07) is 3.05. The molecule has 2 saturated carbocycles. The predicted octanol–water partition coefficient (Wildman–Crippen LogP) is 3.31. The average Bonchev–Trinajstić information content (AvgIpc) is 3.66. The summed E-state index contributed by atoms with van der Waals surface area (Å²) in [7, 11) is -2.37. The molecular weight excluding hydrogens is 544 g/mol. The molecule has 0 amide bonds. The third-order valence-corrected chi connectivity index (χ3v) is 9.45. The molecule has 6 rings (SSSR count). The number of aromatic nitrogens is 2. The molecule has 212 valence electrons. The lowest BCUT2D eigenvalue weighted by molar-refractivity contribution is -0.131. The Bertz CT molecular complexity index is 1510. The van der Waals surface area contributed by atoms with E-state index < -0.39 is 45.1 Å². The number of sulfone groups is 1. The number of aliphatic imine (C=N–C) groups is 2. The lowest BCUT2D eigenvalue weighted by Crippen LogP contribution is -2.60. The van der Waals surface area contributed by atoms with E-state index in [4.69, 9.17) is 14.2 Å². The Labute approximate surface area is 230 Å². The molecule has 3 heterocycles. The second-order valence-electron chi connectivity index (χ2n) is 10.8. The summed E-state index contributed by atoms with van der Waals surface area (Å²) in [5.74, 6) is -2.23. The van der Waals surface area contributed by atoms with Crippen LogP contribution < -0.4 is 9.64 Å². The molecule has 1 aromatic carbocycles. The number of anilines is 1. The zero-order chi connectivity index (χ0) is 28.2. The Balaban J connectivity index is 1.19. The van der Waals surface area contributed by atoms with E-state index in [-0.39, 0.29) is 22.1 Å². The minimum absolute atomic E-state index is 0.00158. The van der Waals surface area contributed by atoms with Crippen molar-refractivity contribution < 1.29 is 31.4 Å². The molecule has 0 N–H and O–H groups in total. The van der Waals surface area contributed by atoms with Crippen LogP contribution in [-0.2, 0) is 19.3 Å². The van der Waals surface area contributed by atoms with Gasteiger partial charge in [-0.25, -0.2) is 27.8 Å². The second-order valence-corrected chi connectivity index (χ2v) is 12.8. The number of hydrogen-bond donors (Lipinski definition) is 0. The maximum Gasteiger partial charge on any atom is 0.256 e. The van der Waals surface area contributed by atoms with Crippen molar-refractivity contribution in [3.8, 4) is 5.75 Å². The molecule has 1 aromatic heterocycles. The first-order valence-corrected chi connectivity index (χ1v) is 14.9. The number of ether oxygens (including phenoxy) is 3. The second kappa shape index (κ2) is 9.88. The smallest absolute Gasteiger partial charge is 0.256 e. The lowest BCUT2D eigenvalue weighted by Gasteiger charge is -2.51. The molecule has 0 bridgehead atoms. The highest BCUT2D eigenvalue weighted by molar-refractivity contribution is 7.90. The molecule has 2 saturated heterocycles. The van der Waals surface area contributed by atoms with Gasteiger partial charge in [0.1, 0.15) is 6.10 Å². The third kappa shape index (κ3) is 4.54. The van der Waals surface area contributed by atoms with E-state index in [1.54, 1.807) is 0 Å². The van der Waals surface area contributed by atoms with Gasteiger partial charge in [0.2, 0.25) is 11.8 Å². The Hall–Kier alpha value is -3.45. The molecule has 1 spiro atoms. The molecule has 2 aromatic rings. The van der Waals surface area contributed by atoms with Gasteiger partial charge in [0.25, 0.3) is 11.8 Å². The fraction of sp³-hybridized carbons (Fsp3) is 0.481. The minimum Gasteiger partial charge on any atom is -0.471 e. The van der Waals surface area contributed by atoms with Gasteiger partial charge in [-0.2, -0.15) is 4.39 Å². The van der Waals surface area contributed by atoms with Crippen LogP contribution in [0, 0.1) is 23.1 Å². The van der Waals surface area contributed by atoms with Crippen molar-refractivity contribution in [2.24, 2.45) is 27.2 Å². The van der Waals surface area contributed by atoms with Gasteiger partial charge in [0.05, 0.1) is 18.1 Å². The van der Waals surface area contributed by atoms with Gasteiger partial charge in [0, 0.05) is 56.0 Å². The molecule has 13 heteroatoms. The van der Waals surface area contributed by atoms with Crippen LogP contribution in [0.3, 0.4) is 0 Å². The van der Waals surface area contributed by atoms with E-state index in [9.17, 15) is 12.8 Å². The molecule has 4 aliphatic rings. The molecule has 2 aliphatic carbocycles. The van der Waals surface area contributed by atoms with Crippen molar-refractivity contribution in [2.45, 2.75) is 29.8 Å². The monoisotopic (exact) mass is 573 g/mol. The van der Waals surface area contributed by atoms with E-state index >= 15 is 4.39 Å². The summed E-state index contributed by atoms with van der Waals surface area (Å²) < 4.78 is 70.8. The summed E-state index contributed by atoms with van der Waals surface area (Å²) in [5, 5.41) is 0. The fourth-order valence-corrected chi connectivity index (χ4v) is 6.70. The van der Waals surface area contributed by atoms with Crippen LogP contribution in [0.25, 0.3) is 0 Å². The van der Waals surface area contributed by atoms with Gasteiger partial charge in [-0.3, -0.25) is 4.99 Å². The predicted molar refractivity (Wildman–Crippen MR) is 143 cm³/mol. The Kier molecular flexibility index (Phi) is 6.61. The van der Waals surface area contributed by atoms with E-state index in [1.807, 2.05) is 12.4 Å². The Morgan fingerprint density at radius 2 is 2.00 bits per heavy atom. The first-order chi connectivity index (χ1) is 19.1. The van der Waals surface area contributed by atoms with Crippen LogP contribution in [0.2, 0.25) is 0 Å². The summed E-state index contributed by atoms with van der Waals surface area (Å²) in [5.41, 5.74) is 1.01. The molecule has 2 aliphatic heterocycles. The molecular formula is C27H29F2N5O5S. The summed E-state index contributed by atoms with van der Waals surface area (Å²) in [6.07, 6.45) is 6.70. The Morgan fingerprint density at radius 3 is 2.62 bits per heavy atom. The normalized spacial score (nSPS) is 28.4. The zero-order valence-corrected chi connectivity index (χ0v) is 22.9. The molecule has 4 fully saturated rings. The summed E-state index contributed by atoms with van der Waals surface area (Å²) in [6.45, 7) is 5.80. The first-order valence-electron chi connectivity index (χ1n) is 13.0. The number of halogens is 2. The van der Waals surface area contributed by atoms with Crippen molar-refractivity contribution in [2.75, 3.05) is 44.5 Å². The van der Waals surface area contributed by atoms with Crippen LogP contribution in [0.15, 0.2) is 57.2 Å². The van der Waals surface area contributed by atoms with Gasteiger partial charge < -0.3 is 19.1 Å². The van der Waals surface area contributed by atoms with E-state index in [0.29, 0.717) is 38.2 Å². The van der Waals surface area contributed by atoms with E-state index in [2.05, 4.69) is 31.6 Å². The maximum absolute atomic E-state index is 15.6. The van der Waals surface area contributed by atoms with Crippen LogP contribution in [-0.4, -0.2) is 76.7 Å². The third-order valence-electron chi connectivity index (χ3n) is 8.34. The van der Waals surface area contributed by atoms with Crippen LogP contribution in [0.1, 0.15) is 24.3 Å². The highest BCUT2D eigenvalue weighted by Crippen LogP contribution is 2.61. The van der Waals surface area contributed by atoms with Crippen LogP contribution in [0.4, 0.5) is 14.7 Å². The van der Waals surface area contributed by atoms with Gasteiger partial charge in [-0.15, -0.1) is 0 Å². The number of nitrogens with zero attached hydrogens (tertiary/aromatic N) is 5. The van der Waals surface area contributed by atoms with Crippen molar-refractivity contribution in [1.82, 2.24) is 9.97 Å². The maximum atomic E-state index is 15.6. The number of rotatable bonds is 8. The van der Waals surface area contributed by atoms with E-state index in [1.165, 1.54) is 19.9 Å². The molecule has 40 heavy (non-hydrogen) atoms. The van der Waals surface area contributed by atoms with Gasteiger partial charge >= 0.3 is 0 Å². The average molecular weight is 574 g/mol. The topological polar surface area (TPSA) is 116 Å². The molecule has 10 nitrogen and oxygen atoms in total. The molecule has 4 atom stereocenters. The van der Waals surface area contributed by atoms with Crippen LogP contribution in [0.5, 0.6) is 5.75 Å².